The Hall–Kier alpha value is -1.30. The Morgan fingerprint density at radius 3 is 2.35 bits per heavy atom. The van der Waals surface area contributed by atoms with E-state index >= 15 is 0 Å². The normalized spacial score (nSPS) is 24.9. The van der Waals surface area contributed by atoms with E-state index in [1.807, 2.05) is 0 Å². The second kappa shape index (κ2) is 5.35. The minimum absolute atomic E-state index is 0.0621. The summed E-state index contributed by atoms with van der Waals surface area (Å²) < 4.78 is 10.0. The zero-order valence-electron chi connectivity index (χ0n) is 10.1. The summed E-state index contributed by atoms with van der Waals surface area (Å²) in [5.41, 5.74) is 0. The highest BCUT2D eigenvalue weighted by Crippen LogP contribution is 2.16. The van der Waals surface area contributed by atoms with Gasteiger partial charge in [-0.05, 0) is 12.8 Å². The van der Waals surface area contributed by atoms with Gasteiger partial charge in [0.2, 0.25) is 0 Å². The average molecular weight is 242 g/mol. The van der Waals surface area contributed by atoms with Crippen molar-refractivity contribution in [2.45, 2.75) is 18.9 Å². The SMILES string of the molecule is COC(=O)N1CCN(C(=O)C2CCCO2)CC1. The largest absolute Gasteiger partial charge is 0.453 e. The van der Waals surface area contributed by atoms with E-state index in [2.05, 4.69) is 4.74 Å². The molecule has 0 aliphatic carbocycles. The number of hydrogen-bond donors (Lipinski definition) is 0. The summed E-state index contributed by atoms with van der Waals surface area (Å²) in [6.45, 7) is 2.87. The number of rotatable bonds is 1. The first-order chi connectivity index (χ1) is 8.22. The van der Waals surface area contributed by atoms with Crippen molar-refractivity contribution in [3.63, 3.8) is 0 Å². The number of methoxy groups -OCH3 is 1. The van der Waals surface area contributed by atoms with E-state index in [9.17, 15) is 9.59 Å². The number of hydrogen-bond acceptors (Lipinski definition) is 4. The predicted octanol–water partition coefficient (Wildman–Crippen LogP) is 0.0760. The molecule has 0 bridgehead atoms. The van der Waals surface area contributed by atoms with Gasteiger partial charge in [0.15, 0.2) is 0 Å². The number of carbonyl (C=O) groups excluding carboxylic acids is 2. The molecule has 96 valence electrons. The molecule has 2 rings (SSSR count). The van der Waals surface area contributed by atoms with Crippen molar-refractivity contribution in [3.05, 3.63) is 0 Å². The third-order valence-corrected chi connectivity index (χ3v) is 3.23. The number of carbonyl (C=O) groups is 2. The van der Waals surface area contributed by atoms with E-state index in [0.717, 1.165) is 12.8 Å². The van der Waals surface area contributed by atoms with Crippen LogP contribution in [-0.4, -0.2) is 67.8 Å². The number of piperazine rings is 1. The minimum Gasteiger partial charge on any atom is -0.453 e. The van der Waals surface area contributed by atoms with Crippen molar-refractivity contribution in [2.75, 3.05) is 39.9 Å². The Morgan fingerprint density at radius 1 is 1.18 bits per heavy atom. The van der Waals surface area contributed by atoms with E-state index in [4.69, 9.17) is 4.74 Å². The maximum absolute atomic E-state index is 12.0. The van der Waals surface area contributed by atoms with Crippen LogP contribution in [0, 0.1) is 0 Å². The molecule has 0 radical (unpaired) electrons. The summed E-state index contributed by atoms with van der Waals surface area (Å²) in [6.07, 6.45) is 1.18. The number of ether oxygens (including phenoxy) is 2. The standard InChI is InChI=1S/C11H18N2O4/c1-16-11(15)13-6-4-12(5-7-13)10(14)9-3-2-8-17-9/h9H,2-8H2,1H3. The predicted molar refractivity (Wildman–Crippen MR) is 59.5 cm³/mol. The zero-order valence-corrected chi connectivity index (χ0v) is 10.1. The molecular weight excluding hydrogens is 224 g/mol. The summed E-state index contributed by atoms with van der Waals surface area (Å²) in [5, 5.41) is 0. The topological polar surface area (TPSA) is 59.1 Å². The van der Waals surface area contributed by atoms with Gasteiger partial charge >= 0.3 is 6.09 Å². The van der Waals surface area contributed by atoms with Crippen molar-refractivity contribution >= 4 is 12.0 Å². The molecular formula is C11H18N2O4. The Kier molecular flexibility index (Phi) is 3.83. The molecule has 2 fully saturated rings. The monoisotopic (exact) mass is 242 g/mol. The first-order valence-corrected chi connectivity index (χ1v) is 5.95. The van der Waals surface area contributed by atoms with Gasteiger partial charge in [0.1, 0.15) is 6.10 Å². The molecule has 2 aliphatic heterocycles. The van der Waals surface area contributed by atoms with Crippen LogP contribution in [0.25, 0.3) is 0 Å². The Bertz CT molecular complexity index is 294. The molecule has 0 aromatic heterocycles. The first kappa shape index (κ1) is 12.2. The molecule has 1 atom stereocenters. The molecule has 1 unspecified atom stereocenters. The molecule has 0 spiro atoms. The van der Waals surface area contributed by atoms with E-state index in [0.29, 0.717) is 32.8 Å². The van der Waals surface area contributed by atoms with E-state index < -0.39 is 0 Å². The van der Waals surface area contributed by atoms with Crippen LogP contribution in [0.4, 0.5) is 4.79 Å². The van der Waals surface area contributed by atoms with Crippen molar-refractivity contribution in [3.8, 4) is 0 Å². The summed E-state index contributed by atoms with van der Waals surface area (Å²) >= 11 is 0. The molecule has 0 N–H and O–H groups in total. The lowest BCUT2D eigenvalue weighted by atomic mass is 10.2. The highest BCUT2D eigenvalue weighted by Gasteiger charge is 2.31. The highest BCUT2D eigenvalue weighted by molar-refractivity contribution is 5.81. The van der Waals surface area contributed by atoms with Crippen LogP contribution in [0.1, 0.15) is 12.8 Å². The zero-order chi connectivity index (χ0) is 12.3. The van der Waals surface area contributed by atoms with Gasteiger partial charge in [-0.1, -0.05) is 0 Å². The minimum atomic E-state index is -0.325. The van der Waals surface area contributed by atoms with Crippen LogP contribution in [0.5, 0.6) is 0 Å². The van der Waals surface area contributed by atoms with Gasteiger partial charge in [0.05, 0.1) is 7.11 Å². The van der Waals surface area contributed by atoms with Crippen LogP contribution < -0.4 is 0 Å². The molecule has 0 saturated carbocycles. The maximum atomic E-state index is 12.0. The van der Waals surface area contributed by atoms with Crippen molar-refractivity contribution in [1.82, 2.24) is 9.80 Å². The molecule has 0 aromatic rings. The molecule has 0 aromatic carbocycles. The van der Waals surface area contributed by atoms with Gasteiger partial charge in [-0.15, -0.1) is 0 Å². The third kappa shape index (κ3) is 2.69. The number of nitrogens with zero attached hydrogens (tertiary/aromatic N) is 2. The molecule has 2 aliphatic rings. The second-order valence-corrected chi connectivity index (χ2v) is 4.28. The van der Waals surface area contributed by atoms with Gasteiger partial charge in [0.25, 0.3) is 5.91 Å². The van der Waals surface area contributed by atoms with E-state index in [1.54, 1.807) is 9.80 Å². The van der Waals surface area contributed by atoms with Gasteiger partial charge in [-0.2, -0.15) is 0 Å². The lowest BCUT2D eigenvalue weighted by molar-refractivity contribution is -0.142. The highest BCUT2D eigenvalue weighted by atomic mass is 16.5. The second-order valence-electron chi connectivity index (χ2n) is 4.28. The summed E-state index contributed by atoms with van der Waals surface area (Å²) in [7, 11) is 1.37. The van der Waals surface area contributed by atoms with Gasteiger partial charge in [0, 0.05) is 32.8 Å². The van der Waals surface area contributed by atoms with E-state index in [-0.39, 0.29) is 18.1 Å². The number of amides is 2. The molecule has 6 heteroatoms. The Labute approximate surface area is 100 Å². The summed E-state index contributed by atoms with van der Waals surface area (Å²) in [6, 6.07) is 0. The van der Waals surface area contributed by atoms with Crippen LogP contribution >= 0.6 is 0 Å². The van der Waals surface area contributed by atoms with Crippen LogP contribution in [-0.2, 0) is 14.3 Å². The quantitative estimate of drug-likeness (QED) is 0.653. The lowest BCUT2D eigenvalue weighted by Gasteiger charge is -2.34. The fourth-order valence-electron chi connectivity index (χ4n) is 2.21. The van der Waals surface area contributed by atoms with Crippen LogP contribution in [0.3, 0.4) is 0 Å². The van der Waals surface area contributed by atoms with Gasteiger partial charge < -0.3 is 19.3 Å². The fraction of sp³-hybridized carbons (Fsp3) is 0.818. The molecule has 2 amide bonds. The van der Waals surface area contributed by atoms with Gasteiger partial charge in [-0.3, -0.25) is 4.79 Å². The average Bonchev–Trinajstić information content (AvgIpc) is 2.91. The Morgan fingerprint density at radius 2 is 1.82 bits per heavy atom. The van der Waals surface area contributed by atoms with Crippen molar-refractivity contribution < 1.29 is 19.1 Å². The van der Waals surface area contributed by atoms with E-state index in [1.165, 1.54) is 7.11 Å². The van der Waals surface area contributed by atoms with Crippen LogP contribution in [0.2, 0.25) is 0 Å². The fourth-order valence-corrected chi connectivity index (χ4v) is 2.21. The molecule has 6 nitrogen and oxygen atoms in total. The van der Waals surface area contributed by atoms with Crippen molar-refractivity contribution in [1.29, 1.82) is 0 Å². The lowest BCUT2D eigenvalue weighted by Crippen LogP contribution is -2.52. The Balaban J connectivity index is 1.82. The van der Waals surface area contributed by atoms with Crippen LogP contribution in [0.15, 0.2) is 0 Å². The molecule has 17 heavy (non-hydrogen) atoms. The molecule has 2 saturated heterocycles. The third-order valence-electron chi connectivity index (χ3n) is 3.23. The molecule has 2 heterocycles. The smallest absolute Gasteiger partial charge is 0.409 e. The summed E-state index contributed by atoms with van der Waals surface area (Å²) in [4.78, 5) is 26.7. The van der Waals surface area contributed by atoms with Crippen molar-refractivity contribution in [2.24, 2.45) is 0 Å². The maximum Gasteiger partial charge on any atom is 0.409 e. The first-order valence-electron chi connectivity index (χ1n) is 5.95. The summed E-state index contributed by atoms with van der Waals surface area (Å²) in [5.74, 6) is 0.0621. The van der Waals surface area contributed by atoms with Gasteiger partial charge in [-0.25, -0.2) is 4.79 Å².